The van der Waals surface area contributed by atoms with Gasteiger partial charge in [-0.25, -0.2) is 8.42 Å². The standard InChI is InChI=1S/C12H17NO2S/c1-9-4-5-12-10(7-9)8-11(3-2-6-13)16(12,14)15/h4-5,7,11H,2-3,6,8,13H2,1H3. The Morgan fingerprint density at radius 1 is 1.44 bits per heavy atom. The molecule has 2 rings (SSSR count). The number of nitrogens with two attached hydrogens (primary N) is 1. The van der Waals surface area contributed by atoms with E-state index in [1.165, 1.54) is 0 Å². The minimum atomic E-state index is -3.09. The Bertz CT molecular complexity index is 494. The van der Waals surface area contributed by atoms with E-state index in [1.54, 1.807) is 6.07 Å². The van der Waals surface area contributed by atoms with E-state index in [9.17, 15) is 8.42 Å². The normalized spacial score (nSPS) is 22.0. The lowest BCUT2D eigenvalue weighted by molar-refractivity contribution is 0.575. The molecule has 0 saturated carbocycles. The van der Waals surface area contributed by atoms with Crippen LogP contribution >= 0.6 is 0 Å². The van der Waals surface area contributed by atoms with Gasteiger partial charge in [0, 0.05) is 0 Å². The summed E-state index contributed by atoms with van der Waals surface area (Å²) in [4.78, 5) is 0.528. The van der Waals surface area contributed by atoms with E-state index in [1.807, 2.05) is 19.1 Å². The summed E-state index contributed by atoms with van der Waals surface area (Å²) in [6.45, 7) is 2.54. The Morgan fingerprint density at radius 3 is 2.88 bits per heavy atom. The molecule has 16 heavy (non-hydrogen) atoms. The van der Waals surface area contributed by atoms with Crippen molar-refractivity contribution in [1.29, 1.82) is 0 Å². The van der Waals surface area contributed by atoms with Crippen molar-refractivity contribution in [2.24, 2.45) is 5.73 Å². The molecule has 0 radical (unpaired) electrons. The van der Waals surface area contributed by atoms with Crippen LogP contribution in [0.1, 0.15) is 24.0 Å². The summed E-state index contributed by atoms with van der Waals surface area (Å²) in [5.74, 6) is 0. The summed E-state index contributed by atoms with van der Waals surface area (Å²) in [7, 11) is -3.09. The molecule has 88 valence electrons. The van der Waals surface area contributed by atoms with E-state index >= 15 is 0 Å². The molecule has 1 aliphatic heterocycles. The fourth-order valence-corrected chi connectivity index (χ4v) is 4.28. The van der Waals surface area contributed by atoms with Crippen LogP contribution in [-0.2, 0) is 16.3 Å². The number of hydrogen-bond donors (Lipinski definition) is 1. The lowest BCUT2D eigenvalue weighted by Crippen LogP contribution is -2.18. The summed E-state index contributed by atoms with van der Waals surface area (Å²) in [5, 5.41) is -0.257. The molecule has 3 nitrogen and oxygen atoms in total. The molecule has 0 bridgehead atoms. The SMILES string of the molecule is Cc1ccc2c(c1)CC(CCCN)S2(=O)=O. The van der Waals surface area contributed by atoms with Gasteiger partial charge in [0.2, 0.25) is 0 Å². The molecule has 0 amide bonds. The maximum Gasteiger partial charge on any atom is 0.181 e. The van der Waals surface area contributed by atoms with Crippen molar-refractivity contribution in [1.82, 2.24) is 0 Å². The molecule has 1 heterocycles. The van der Waals surface area contributed by atoms with Crippen molar-refractivity contribution in [3.63, 3.8) is 0 Å². The van der Waals surface area contributed by atoms with E-state index in [0.29, 0.717) is 24.3 Å². The van der Waals surface area contributed by atoms with Crippen LogP contribution in [0.4, 0.5) is 0 Å². The topological polar surface area (TPSA) is 60.2 Å². The first-order valence-corrected chi connectivity index (χ1v) is 7.14. The van der Waals surface area contributed by atoms with Gasteiger partial charge in [-0.1, -0.05) is 17.7 Å². The fraction of sp³-hybridized carbons (Fsp3) is 0.500. The third kappa shape index (κ3) is 1.87. The number of hydrogen-bond acceptors (Lipinski definition) is 3. The van der Waals surface area contributed by atoms with Gasteiger partial charge in [0.1, 0.15) is 0 Å². The van der Waals surface area contributed by atoms with Crippen LogP contribution in [0.3, 0.4) is 0 Å². The minimum Gasteiger partial charge on any atom is -0.330 e. The molecule has 0 spiro atoms. The maximum atomic E-state index is 12.2. The van der Waals surface area contributed by atoms with Crippen LogP contribution in [0.5, 0.6) is 0 Å². The summed E-state index contributed by atoms with van der Waals surface area (Å²) in [5.41, 5.74) is 7.52. The van der Waals surface area contributed by atoms with Crippen molar-refractivity contribution in [2.45, 2.75) is 36.3 Å². The number of rotatable bonds is 3. The lowest BCUT2D eigenvalue weighted by atomic mass is 10.1. The number of sulfone groups is 1. The van der Waals surface area contributed by atoms with Gasteiger partial charge in [-0.2, -0.15) is 0 Å². The number of fused-ring (bicyclic) bond motifs is 1. The zero-order chi connectivity index (χ0) is 11.8. The number of aryl methyl sites for hydroxylation is 1. The van der Waals surface area contributed by atoms with Gasteiger partial charge in [0.05, 0.1) is 10.1 Å². The highest BCUT2D eigenvalue weighted by Crippen LogP contribution is 2.33. The Balaban J connectivity index is 2.34. The molecule has 1 aromatic rings. The average molecular weight is 239 g/mol. The van der Waals surface area contributed by atoms with Crippen molar-refractivity contribution in [3.05, 3.63) is 29.3 Å². The fourth-order valence-electron chi connectivity index (χ4n) is 2.28. The monoisotopic (exact) mass is 239 g/mol. The second kappa shape index (κ2) is 4.18. The Kier molecular flexibility index (Phi) is 3.04. The van der Waals surface area contributed by atoms with Gasteiger partial charge in [0.15, 0.2) is 9.84 Å². The molecule has 4 heteroatoms. The summed E-state index contributed by atoms with van der Waals surface area (Å²) in [6.07, 6.45) is 2.10. The Hall–Kier alpha value is -0.870. The largest absolute Gasteiger partial charge is 0.330 e. The van der Waals surface area contributed by atoms with Crippen LogP contribution in [0.15, 0.2) is 23.1 Å². The third-order valence-electron chi connectivity index (χ3n) is 3.14. The molecule has 1 atom stereocenters. The summed E-state index contributed by atoms with van der Waals surface area (Å²) >= 11 is 0. The molecule has 1 unspecified atom stereocenters. The van der Waals surface area contributed by atoms with Gasteiger partial charge in [-0.15, -0.1) is 0 Å². The van der Waals surface area contributed by atoms with Gasteiger partial charge in [-0.3, -0.25) is 0 Å². The first-order valence-electron chi connectivity index (χ1n) is 5.59. The molecule has 1 aromatic carbocycles. The van der Waals surface area contributed by atoms with Crippen molar-refractivity contribution < 1.29 is 8.42 Å². The van der Waals surface area contributed by atoms with E-state index in [0.717, 1.165) is 17.5 Å². The second-order valence-corrected chi connectivity index (χ2v) is 6.61. The molecule has 2 N–H and O–H groups in total. The minimum absolute atomic E-state index is 0.257. The van der Waals surface area contributed by atoms with Crippen LogP contribution in [0, 0.1) is 6.92 Å². The first kappa shape index (κ1) is 11.6. The second-order valence-electron chi connectivity index (χ2n) is 4.41. The van der Waals surface area contributed by atoms with Crippen LogP contribution in [0.25, 0.3) is 0 Å². The van der Waals surface area contributed by atoms with Gasteiger partial charge >= 0.3 is 0 Å². The zero-order valence-corrected chi connectivity index (χ0v) is 10.3. The molecule has 0 aliphatic carbocycles. The van der Waals surface area contributed by atoms with E-state index in [-0.39, 0.29) is 5.25 Å². The molecule has 1 aliphatic rings. The quantitative estimate of drug-likeness (QED) is 0.868. The average Bonchev–Trinajstić information content (AvgIpc) is 2.47. The molecule has 0 aromatic heterocycles. The van der Waals surface area contributed by atoms with Crippen LogP contribution in [0.2, 0.25) is 0 Å². The highest BCUT2D eigenvalue weighted by atomic mass is 32.2. The molecule has 0 fully saturated rings. The number of benzene rings is 1. The van der Waals surface area contributed by atoms with Crippen LogP contribution in [-0.4, -0.2) is 20.2 Å². The smallest absolute Gasteiger partial charge is 0.181 e. The Morgan fingerprint density at radius 2 is 2.19 bits per heavy atom. The van der Waals surface area contributed by atoms with E-state index in [4.69, 9.17) is 5.73 Å². The summed E-state index contributed by atoms with van der Waals surface area (Å²) in [6, 6.07) is 5.58. The highest BCUT2D eigenvalue weighted by molar-refractivity contribution is 7.92. The third-order valence-corrected chi connectivity index (χ3v) is 5.43. The zero-order valence-electron chi connectivity index (χ0n) is 9.44. The van der Waals surface area contributed by atoms with Gasteiger partial charge in [0.25, 0.3) is 0 Å². The molecule has 0 saturated heterocycles. The van der Waals surface area contributed by atoms with Crippen molar-refractivity contribution in [2.75, 3.05) is 6.54 Å². The predicted octanol–water partition coefficient (Wildman–Crippen LogP) is 1.43. The molecular weight excluding hydrogens is 222 g/mol. The van der Waals surface area contributed by atoms with Crippen molar-refractivity contribution >= 4 is 9.84 Å². The first-order chi connectivity index (χ1) is 7.55. The Labute approximate surface area is 96.6 Å². The van der Waals surface area contributed by atoms with Gasteiger partial charge < -0.3 is 5.73 Å². The van der Waals surface area contributed by atoms with Gasteiger partial charge in [-0.05, 0) is 44.4 Å². The molecular formula is C12H17NO2S. The lowest BCUT2D eigenvalue weighted by Gasteiger charge is -2.07. The van der Waals surface area contributed by atoms with E-state index < -0.39 is 9.84 Å². The predicted molar refractivity (Wildman–Crippen MR) is 64.1 cm³/mol. The van der Waals surface area contributed by atoms with Crippen molar-refractivity contribution in [3.8, 4) is 0 Å². The maximum absolute atomic E-state index is 12.2. The van der Waals surface area contributed by atoms with Crippen LogP contribution < -0.4 is 5.73 Å². The highest BCUT2D eigenvalue weighted by Gasteiger charge is 2.35. The van der Waals surface area contributed by atoms with E-state index in [2.05, 4.69) is 0 Å². The summed E-state index contributed by atoms with van der Waals surface area (Å²) < 4.78 is 24.3.